The third-order valence-electron chi connectivity index (χ3n) is 14.3. The minimum absolute atomic E-state index is 0.0266. The first kappa shape index (κ1) is 37.1. The Balaban J connectivity index is 1.01. The first-order valence-corrected chi connectivity index (χ1v) is 23.0. The number of hydrogen-bond donors (Lipinski definition) is 1. The van der Waals surface area contributed by atoms with Crippen molar-refractivity contribution < 1.29 is 4.42 Å². The van der Waals surface area contributed by atoms with Crippen LogP contribution in [-0.4, -0.2) is 11.7 Å². The second-order valence-electron chi connectivity index (χ2n) is 18.0. The van der Waals surface area contributed by atoms with Crippen LogP contribution in [0.15, 0.2) is 221 Å². The van der Waals surface area contributed by atoms with Gasteiger partial charge in [-0.15, -0.1) is 0 Å². The molecule has 12 aromatic rings. The van der Waals surface area contributed by atoms with Gasteiger partial charge in [0.15, 0.2) is 6.17 Å². The predicted molar refractivity (Wildman–Crippen MR) is 275 cm³/mol. The standard InChI is InChI=1S/C62H41N3O/c1-2-16-39-31-52-43(30-38(39)15-1)28-29-49(53-32-40-17-3-4-18-41(40)33-54(52)53)55-35-44(36-56-50-25-11-12-27-58(50)66-59(55)56)60-63-61(51-26-13-20-37-14-5-7-21-45(37)51)65-62(64-60)57-34-42-19-6-8-22-46(42)47-23-9-10-24-48(47)57/h1-27,30-36,49,61H,28-29H2,(H,63,64,65). The molecule has 1 N–H and O–H groups in total. The lowest BCUT2D eigenvalue weighted by Crippen LogP contribution is -2.36. The average Bonchev–Trinajstić information content (AvgIpc) is 3.69. The number of hydrogen-bond acceptors (Lipinski definition) is 4. The Morgan fingerprint density at radius 3 is 1.79 bits per heavy atom. The lowest BCUT2D eigenvalue weighted by molar-refractivity contribution is 0.647. The molecule has 66 heavy (non-hydrogen) atoms. The number of aliphatic imine (C=N–C) groups is 2. The monoisotopic (exact) mass is 843 g/mol. The average molecular weight is 844 g/mol. The Labute approximate surface area is 381 Å². The number of furan rings is 1. The largest absolute Gasteiger partial charge is 0.456 e. The molecule has 1 aromatic heterocycles. The van der Waals surface area contributed by atoms with Gasteiger partial charge in [0.2, 0.25) is 0 Å². The molecule has 2 unspecified atom stereocenters. The van der Waals surface area contributed by atoms with Crippen LogP contribution in [0.25, 0.3) is 86.9 Å². The van der Waals surface area contributed by atoms with Crippen molar-refractivity contribution in [2.75, 3.05) is 0 Å². The topological polar surface area (TPSA) is 49.9 Å². The highest BCUT2D eigenvalue weighted by Gasteiger charge is 2.30. The minimum Gasteiger partial charge on any atom is -0.456 e. The minimum atomic E-state index is -0.499. The lowest BCUT2D eigenvalue weighted by atomic mass is 9.83. The highest BCUT2D eigenvalue weighted by Crippen LogP contribution is 2.47. The van der Waals surface area contributed by atoms with Crippen molar-refractivity contribution in [1.82, 2.24) is 5.32 Å². The fourth-order valence-corrected chi connectivity index (χ4v) is 11.2. The molecule has 4 nitrogen and oxygen atoms in total. The van der Waals surface area contributed by atoms with Gasteiger partial charge in [0, 0.05) is 38.9 Å². The Morgan fingerprint density at radius 1 is 0.394 bits per heavy atom. The number of aryl methyl sites for hydroxylation is 1. The second-order valence-corrected chi connectivity index (χ2v) is 18.0. The summed E-state index contributed by atoms with van der Waals surface area (Å²) in [7, 11) is 0. The van der Waals surface area contributed by atoms with E-state index in [9.17, 15) is 0 Å². The molecule has 0 saturated carbocycles. The number of amidine groups is 2. The van der Waals surface area contributed by atoms with Crippen molar-refractivity contribution >= 4 is 87.5 Å². The van der Waals surface area contributed by atoms with Crippen LogP contribution in [0.3, 0.4) is 0 Å². The summed E-state index contributed by atoms with van der Waals surface area (Å²) in [6.45, 7) is 0. The summed E-state index contributed by atoms with van der Waals surface area (Å²) in [4.78, 5) is 11.1. The van der Waals surface area contributed by atoms with Crippen molar-refractivity contribution in [3.05, 3.63) is 240 Å². The fourth-order valence-electron chi connectivity index (χ4n) is 11.2. The molecule has 2 aliphatic rings. The van der Waals surface area contributed by atoms with E-state index < -0.39 is 6.17 Å². The number of fused-ring (bicyclic) bond motifs is 12. The Morgan fingerprint density at radius 2 is 0.985 bits per heavy atom. The first-order chi connectivity index (χ1) is 32.7. The summed E-state index contributed by atoms with van der Waals surface area (Å²) in [6.07, 6.45) is 1.35. The van der Waals surface area contributed by atoms with Crippen LogP contribution < -0.4 is 5.32 Å². The summed E-state index contributed by atoms with van der Waals surface area (Å²) < 4.78 is 7.00. The molecule has 0 amide bonds. The van der Waals surface area contributed by atoms with Gasteiger partial charge < -0.3 is 9.73 Å². The maximum atomic E-state index is 7.00. The van der Waals surface area contributed by atoms with Gasteiger partial charge in [-0.3, -0.25) is 0 Å². The van der Waals surface area contributed by atoms with Crippen molar-refractivity contribution in [3.8, 4) is 11.1 Å². The lowest BCUT2D eigenvalue weighted by Gasteiger charge is -2.25. The van der Waals surface area contributed by atoms with Gasteiger partial charge >= 0.3 is 0 Å². The summed E-state index contributed by atoms with van der Waals surface area (Å²) in [6, 6.07) is 75.1. The van der Waals surface area contributed by atoms with Gasteiger partial charge in [0.05, 0.1) is 0 Å². The quantitative estimate of drug-likeness (QED) is 0.179. The predicted octanol–water partition coefficient (Wildman–Crippen LogP) is 15.6. The van der Waals surface area contributed by atoms with Crippen LogP contribution in [0.4, 0.5) is 0 Å². The van der Waals surface area contributed by atoms with Gasteiger partial charge in [0.1, 0.15) is 22.8 Å². The van der Waals surface area contributed by atoms with Gasteiger partial charge in [-0.2, -0.15) is 0 Å². The zero-order chi connectivity index (χ0) is 43.3. The van der Waals surface area contributed by atoms with E-state index in [0.717, 1.165) is 73.9 Å². The summed E-state index contributed by atoms with van der Waals surface area (Å²) in [5.41, 5.74) is 11.4. The van der Waals surface area contributed by atoms with Crippen molar-refractivity contribution in [3.63, 3.8) is 0 Å². The molecule has 310 valence electrons. The molecule has 2 heterocycles. The van der Waals surface area contributed by atoms with Gasteiger partial charge in [-0.1, -0.05) is 164 Å². The number of benzene rings is 11. The SMILES string of the molecule is c1ccc2cc3c(cc2c1)CCC(c1cc(C2=NC(c4cccc5ccccc45)N=C(c4cc5ccccc5c5ccccc45)N2)cc2c1oc1ccccc12)c1cc2ccccc2cc1-3. The van der Waals surface area contributed by atoms with Crippen molar-refractivity contribution in [2.24, 2.45) is 9.98 Å². The Kier molecular flexibility index (Phi) is 8.20. The van der Waals surface area contributed by atoms with Crippen molar-refractivity contribution in [2.45, 2.75) is 24.9 Å². The molecule has 0 radical (unpaired) electrons. The molecular formula is C62H41N3O. The molecule has 11 aromatic carbocycles. The van der Waals surface area contributed by atoms with E-state index in [1.165, 1.54) is 70.9 Å². The van der Waals surface area contributed by atoms with Crippen molar-refractivity contribution in [1.29, 1.82) is 0 Å². The third-order valence-corrected chi connectivity index (χ3v) is 14.3. The summed E-state index contributed by atoms with van der Waals surface area (Å²) in [5.74, 6) is 1.61. The van der Waals surface area contributed by atoms with Crippen LogP contribution in [0.5, 0.6) is 0 Å². The maximum Gasteiger partial charge on any atom is 0.170 e. The first-order valence-electron chi connectivity index (χ1n) is 23.0. The van der Waals surface area contributed by atoms with Crippen LogP contribution in [-0.2, 0) is 6.42 Å². The number of nitrogens with zero attached hydrogens (tertiary/aromatic N) is 2. The molecular weight excluding hydrogens is 803 g/mol. The van der Waals surface area contributed by atoms with Crippen LogP contribution in [0, 0.1) is 0 Å². The number of nitrogens with one attached hydrogen (secondary N) is 1. The molecule has 0 spiro atoms. The zero-order valence-corrected chi connectivity index (χ0v) is 36.0. The van der Waals surface area contributed by atoms with E-state index in [1.807, 2.05) is 0 Å². The highest BCUT2D eigenvalue weighted by atomic mass is 16.3. The van der Waals surface area contributed by atoms with Gasteiger partial charge in [0.25, 0.3) is 0 Å². The van der Waals surface area contributed by atoms with Crippen LogP contribution in [0.2, 0.25) is 0 Å². The summed E-state index contributed by atoms with van der Waals surface area (Å²) >= 11 is 0. The van der Waals surface area contributed by atoms with E-state index in [2.05, 4.69) is 212 Å². The molecule has 0 bridgehead atoms. The molecule has 4 heteroatoms. The van der Waals surface area contributed by atoms with E-state index in [0.29, 0.717) is 0 Å². The maximum absolute atomic E-state index is 7.00. The van der Waals surface area contributed by atoms with Crippen LogP contribution >= 0.6 is 0 Å². The summed E-state index contributed by atoms with van der Waals surface area (Å²) in [5, 5.41) is 18.1. The highest BCUT2D eigenvalue weighted by molar-refractivity contribution is 6.24. The van der Waals surface area contributed by atoms with E-state index >= 15 is 0 Å². The number of para-hydroxylation sites is 1. The van der Waals surface area contributed by atoms with E-state index in [-0.39, 0.29) is 5.92 Å². The molecule has 1 aliphatic carbocycles. The number of rotatable bonds is 4. The molecule has 0 fully saturated rings. The van der Waals surface area contributed by atoms with Crippen LogP contribution in [0.1, 0.15) is 51.9 Å². The second kappa shape index (κ2) is 14.6. The zero-order valence-electron chi connectivity index (χ0n) is 36.0. The smallest absolute Gasteiger partial charge is 0.170 e. The Bertz CT molecular complexity index is 4060. The molecule has 2 atom stereocenters. The molecule has 14 rings (SSSR count). The third kappa shape index (κ3) is 5.85. The molecule has 0 saturated heterocycles. The molecule has 1 aliphatic heterocycles. The Hall–Kier alpha value is -8.34. The van der Waals surface area contributed by atoms with E-state index in [1.54, 1.807) is 0 Å². The van der Waals surface area contributed by atoms with Gasteiger partial charge in [-0.25, -0.2) is 9.98 Å². The van der Waals surface area contributed by atoms with Gasteiger partial charge in [-0.05, 0) is 131 Å². The normalized spacial score (nSPS) is 16.1. The fraction of sp³-hybridized carbons (Fsp3) is 0.0645. The van der Waals surface area contributed by atoms with E-state index in [4.69, 9.17) is 14.4 Å².